The van der Waals surface area contributed by atoms with Crippen molar-refractivity contribution in [3.63, 3.8) is 0 Å². The summed E-state index contributed by atoms with van der Waals surface area (Å²) in [6.45, 7) is 6.44. The third-order valence-corrected chi connectivity index (χ3v) is 5.87. The maximum Gasteiger partial charge on any atom is 0.256 e. The molecule has 2 amide bonds. The summed E-state index contributed by atoms with van der Waals surface area (Å²) < 4.78 is 5.36. The SMILES string of the molecule is CCNC(=O)c1cccc(Nc2ncc(C(=O)N3CCOCC3)c3c(Cl)cccc23)c1C. The van der Waals surface area contributed by atoms with Crippen LogP contribution in [0.5, 0.6) is 0 Å². The molecule has 166 valence electrons. The molecule has 3 aromatic rings. The van der Waals surface area contributed by atoms with Crippen molar-refractivity contribution in [3.8, 4) is 0 Å². The molecule has 0 spiro atoms. The van der Waals surface area contributed by atoms with Crippen molar-refractivity contribution in [1.82, 2.24) is 15.2 Å². The lowest BCUT2D eigenvalue weighted by atomic mass is 10.0. The number of pyridine rings is 1. The first-order valence-corrected chi connectivity index (χ1v) is 11.0. The van der Waals surface area contributed by atoms with E-state index in [1.807, 2.05) is 38.1 Å². The molecule has 0 bridgehead atoms. The number of rotatable bonds is 5. The van der Waals surface area contributed by atoms with Gasteiger partial charge in [-0.15, -0.1) is 0 Å². The van der Waals surface area contributed by atoms with Gasteiger partial charge in [0.1, 0.15) is 5.82 Å². The van der Waals surface area contributed by atoms with E-state index in [1.54, 1.807) is 23.2 Å². The molecule has 1 aromatic heterocycles. The zero-order valence-corrected chi connectivity index (χ0v) is 18.8. The number of hydrogen-bond acceptors (Lipinski definition) is 5. The predicted molar refractivity (Wildman–Crippen MR) is 126 cm³/mol. The highest BCUT2D eigenvalue weighted by Gasteiger charge is 2.23. The van der Waals surface area contributed by atoms with Crippen molar-refractivity contribution in [2.75, 3.05) is 38.2 Å². The summed E-state index contributed by atoms with van der Waals surface area (Å²) in [5, 5.41) is 8.03. The molecule has 2 heterocycles. The van der Waals surface area contributed by atoms with E-state index in [2.05, 4.69) is 15.6 Å². The number of aromatic nitrogens is 1. The Balaban J connectivity index is 1.74. The van der Waals surface area contributed by atoms with Gasteiger partial charge in [-0.3, -0.25) is 9.59 Å². The van der Waals surface area contributed by atoms with Gasteiger partial charge >= 0.3 is 0 Å². The van der Waals surface area contributed by atoms with Crippen LogP contribution >= 0.6 is 11.6 Å². The third kappa shape index (κ3) is 4.26. The fraction of sp³-hybridized carbons (Fsp3) is 0.292. The molecule has 0 unspecified atom stereocenters. The molecule has 4 rings (SSSR count). The minimum absolute atomic E-state index is 0.111. The summed E-state index contributed by atoms with van der Waals surface area (Å²) in [7, 11) is 0. The molecule has 2 aromatic carbocycles. The lowest BCUT2D eigenvalue weighted by Gasteiger charge is -2.27. The molecule has 1 aliphatic heterocycles. The topological polar surface area (TPSA) is 83.6 Å². The van der Waals surface area contributed by atoms with Crippen LogP contribution in [-0.4, -0.2) is 54.5 Å². The van der Waals surface area contributed by atoms with Gasteiger partial charge in [0.25, 0.3) is 11.8 Å². The largest absolute Gasteiger partial charge is 0.378 e. The van der Waals surface area contributed by atoms with Crippen molar-refractivity contribution < 1.29 is 14.3 Å². The van der Waals surface area contributed by atoms with Crippen molar-refractivity contribution in [2.45, 2.75) is 13.8 Å². The fourth-order valence-electron chi connectivity index (χ4n) is 3.86. The highest BCUT2D eigenvalue weighted by Crippen LogP contribution is 2.34. The van der Waals surface area contributed by atoms with Gasteiger partial charge in [0.2, 0.25) is 0 Å². The highest BCUT2D eigenvalue weighted by molar-refractivity contribution is 6.37. The summed E-state index contributed by atoms with van der Waals surface area (Å²) in [4.78, 5) is 31.9. The number of morpholine rings is 1. The molecular formula is C24H25ClN4O3. The van der Waals surface area contributed by atoms with Crippen LogP contribution in [0.2, 0.25) is 5.02 Å². The van der Waals surface area contributed by atoms with Gasteiger partial charge in [0.05, 0.1) is 18.8 Å². The quantitative estimate of drug-likeness (QED) is 0.607. The molecule has 7 nitrogen and oxygen atoms in total. The molecule has 2 N–H and O–H groups in total. The molecule has 32 heavy (non-hydrogen) atoms. The zero-order valence-electron chi connectivity index (χ0n) is 18.1. The van der Waals surface area contributed by atoms with Crippen LogP contribution in [0.4, 0.5) is 11.5 Å². The Labute approximate surface area is 191 Å². The number of amides is 2. The van der Waals surface area contributed by atoms with E-state index in [-0.39, 0.29) is 11.8 Å². The fourth-order valence-corrected chi connectivity index (χ4v) is 4.13. The number of nitrogens with one attached hydrogen (secondary N) is 2. The molecule has 0 atom stereocenters. The van der Waals surface area contributed by atoms with E-state index in [0.717, 1.165) is 16.6 Å². The Bertz CT molecular complexity index is 1180. The summed E-state index contributed by atoms with van der Waals surface area (Å²) in [5.41, 5.74) is 2.63. The van der Waals surface area contributed by atoms with Crippen LogP contribution in [0.1, 0.15) is 33.2 Å². The number of carbonyl (C=O) groups is 2. The standard InChI is InChI=1S/C24H25ClN4O3/c1-3-26-23(30)16-6-5-9-20(15(16)2)28-22-17-7-4-8-19(25)21(17)18(14-27-22)24(31)29-10-12-32-13-11-29/h4-9,14H,3,10-13H2,1-2H3,(H,26,30)(H,27,28). The monoisotopic (exact) mass is 452 g/mol. The number of anilines is 2. The molecule has 0 saturated carbocycles. The molecule has 8 heteroatoms. The Morgan fingerprint density at radius 2 is 1.88 bits per heavy atom. The number of benzene rings is 2. The van der Waals surface area contributed by atoms with Gasteiger partial charge in [-0.2, -0.15) is 0 Å². The average molecular weight is 453 g/mol. The van der Waals surface area contributed by atoms with E-state index in [4.69, 9.17) is 16.3 Å². The number of carbonyl (C=O) groups excluding carboxylic acids is 2. The predicted octanol–water partition coefficient (Wildman–Crippen LogP) is 4.16. The van der Waals surface area contributed by atoms with Crippen molar-refractivity contribution in [1.29, 1.82) is 0 Å². The van der Waals surface area contributed by atoms with Crippen LogP contribution < -0.4 is 10.6 Å². The smallest absolute Gasteiger partial charge is 0.256 e. The maximum absolute atomic E-state index is 13.2. The van der Waals surface area contributed by atoms with Crippen LogP contribution in [0, 0.1) is 6.92 Å². The van der Waals surface area contributed by atoms with Gasteiger partial charge in [-0.25, -0.2) is 4.98 Å². The van der Waals surface area contributed by atoms with E-state index >= 15 is 0 Å². The third-order valence-electron chi connectivity index (χ3n) is 5.56. The molecule has 1 aliphatic rings. The average Bonchev–Trinajstić information content (AvgIpc) is 2.81. The maximum atomic E-state index is 13.2. The first kappa shape index (κ1) is 22.0. The number of halogens is 1. The number of fused-ring (bicyclic) bond motifs is 1. The van der Waals surface area contributed by atoms with Gasteiger partial charge in [-0.1, -0.05) is 29.8 Å². The second kappa shape index (κ2) is 9.54. The number of ether oxygens (including phenoxy) is 1. The first-order chi connectivity index (χ1) is 15.5. The molecular weight excluding hydrogens is 428 g/mol. The van der Waals surface area contributed by atoms with Gasteiger partial charge < -0.3 is 20.3 Å². The summed E-state index contributed by atoms with van der Waals surface area (Å²) in [6, 6.07) is 11.0. The molecule has 1 saturated heterocycles. The van der Waals surface area contributed by atoms with Crippen LogP contribution in [0.15, 0.2) is 42.6 Å². The zero-order chi connectivity index (χ0) is 22.7. The van der Waals surface area contributed by atoms with Crippen molar-refractivity contribution in [2.24, 2.45) is 0 Å². The van der Waals surface area contributed by atoms with Crippen molar-refractivity contribution >= 4 is 45.7 Å². The Kier molecular flexibility index (Phi) is 6.58. The lowest BCUT2D eigenvalue weighted by molar-refractivity contribution is 0.0304. The van der Waals surface area contributed by atoms with E-state index in [1.165, 1.54) is 0 Å². The van der Waals surface area contributed by atoms with Crippen LogP contribution in [0.25, 0.3) is 10.8 Å². The Hall–Kier alpha value is -3.16. The van der Waals surface area contributed by atoms with Gasteiger partial charge in [0.15, 0.2) is 0 Å². The van der Waals surface area contributed by atoms with Gasteiger partial charge in [0, 0.05) is 52.9 Å². The van der Waals surface area contributed by atoms with E-state index in [0.29, 0.717) is 60.2 Å². The Morgan fingerprint density at radius 1 is 1.12 bits per heavy atom. The minimum atomic E-state index is -0.124. The first-order valence-electron chi connectivity index (χ1n) is 10.6. The van der Waals surface area contributed by atoms with Crippen LogP contribution in [0.3, 0.4) is 0 Å². The van der Waals surface area contributed by atoms with Crippen LogP contribution in [-0.2, 0) is 4.74 Å². The number of hydrogen-bond donors (Lipinski definition) is 2. The number of nitrogens with zero attached hydrogens (tertiary/aromatic N) is 2. The van der Waals surface area contributed by atoms with E-state index in [9.17, 15) is 9.59 Å². The highest BCUT2D eigenvalue weighted by atomic mass is 35.5. The second-order valence-corrected chi connectivity index (χ2v) is 7.96. The Morgan fingerprint density at radius 3 is 2.62 bits per heavy atom. The minimum Gasteiger partial charge on any atom is -0.378 e. The lowest BCUT2D eigenvalue weighted by Crippen LogP contribution is -2.40. The van der Waals surface area contributed by atoms with Crippen molar-refractivity contribution in [3.05, 3.63) is 64.3 Å². The second-order valence-electron chi connectivity index (χ2n) is 7.55. The summed E-state index contributed by atoms with van der Waals surface area (Å²) >= 11 is 6.55. The van der Waals surface area contributed by atoms with E-state index < -0.39 is 0 Å². The normalized spacial score (nSPS) is 13.8. The summed E-state index contributed by atoms with van der Waals surface area (Å²) in [5.74, 6) is 0.331. The van der Waals surface area contributed by atoms with Gasteiger partial charge in [-0.05, 0) is 37.6 Å². The molecule has 0 radical (unpaired) electrons. The molecule has 0 aliphatic carbocycles. The summed E-state index contributed by atoms with van der Waals surface area (Å²) in [6.07, 6.45) is 1.57. The molecule has 1 fully saturated rings.